The Morgan fingerprint density at radius 2 is 2.39 bits per heavy atom. The van der Waals surface area contributed by atoms with Gasteiger partial charge in [-0.2, -0.15) is 0 Å². The third-order valence-corrected chi connectivity index (χ3v) is 2.68. The van der Waals surface area contributed by atoms with Gasteiger partial charge < -0.3 is 19.9 Å². The van der Waals surface area contributed by atoms with Gasteiger partial charge in [-0.1, -0.05) is 0 Å². The SMILES string of the molecule is CCNC(=O)C(C)n1cncc1CNCCOC. The van der Waals surface area contributed by atoms with Crippen molar-refractivity contribution < 1.29 is 9.53 Å². The smallest absolute Gasteiger partial charge is 0.242 e. The fourth-order valence-electron chi connectivity index (χ4n) is 1.66. The maximum atomic E-state index is 11.8. The van der Waals surface area contributed by atoms with Crippen molar-refractivity contribution in [3.63, 3.8) is 0 Å². The van der Waals surface area contributed by atoms with Crippen molar-refractivity contribution in [2.75, 3.05) is 26.8 Å². The minimum atomic E-state index is -0.244. The molecular weight excluding hydrogens is 232 g/mol. The highest BCUT2D eigenvalue weighted by Gasteiger charge is 2.16. The van der Waals surface area contributed by atoms with Gasteiger partial charge in [-0.15, -0.1) is 0 Å². The van der Waals surface area contributed by atoms with Crippen LogP contribution in [0, 0.1) is 0 Å². The van der Waals surface area contributed by atoms with Crippen LogP contribution in [0.1, 0.15) is 25.6 Å². The van der Waals surface area contributed by atoms with Crippen molar-refractivity contribution in [2.45, 2.75) is 26.4 Å². The van der Waals surface area contributed by atoms with Crippen molar-refractivity contribution in [1.82, 2.24) is 20.2 Å². The van der Waals surface area contributed by atoms with Crippen LogP contribution in [0.4, 0.5) is 0 Å². The van der Waals surface area contributed by atoms with Gasteiger partial charge in [0, 0.05) is 32.9 Å². The molecule has 0 aliphatic carbocycles. The molecule has 1 atom stereocenters. The van der Waals surface area contributed by atoms with Crippen LogP contribution in [0.15, 0.2) is 12.5 Å². The number of carbonyl (C=O) groups is 1. The topological polar surface area (TPSA) is 68.2 Å². The molecule has 0 aromatic carbocycles. The van der Waals surface area contributed by atoms with Gasteiger partial charge in [-0.05, 0) is 13.8 Å². The predicted octanol–water partition coefficient (Wildman–Crippen LogP) is 0.316. The maximum Gasteiger partial charge on any atom is 0.242 e. The van der Waals surface area contributed by atoms with Crippen LogP contribution >= 0.6 is 0 Å². The summed E-state index contributed by atoms with van der Waals surface area (Å²) in [4.78, 5) is 15.9. The lowest BCUT2D eigenvalue weighted by molar-refractivity contribution is -0.123. The van der Waals surface area contributed by atoms with Crippen molar-refractivity contribution in [2.24, 2.45) is 0 Å². The zero-order valence-electron chi connectivity index (χ0n) is 11.3. The van der Waals surface area contributed by atoms with Crippen molar-refractivity contribution in [3.8, 4) is 0 Å². The van der Waals surface area contributed by atoms with Crippen LogP contribution in [0.2, 0.25) is 0 Å². The van der Waals surface area contributed by atoms with Crippen LogP contribution in [-0.4, -0.2) is 42.3 Å². The number of methoxy groups -OCH3 is 1. The number of hydrogen-bond donors (Lipinski definition) is 2. The maximum absolute atomic E-state index is 11.8. The lowest BCUT2D eigenvalue weighted by atomic mass is 10.3. The molecule has 0 saturated carbocycles. The molecule has 18 heavy (non-hydrogen) atoms. The summed E-state index contributed by atoms with van der Waals surface area (Å²) in [6.07, 6.45) is 3.46. The van der Waals surface area contributed by atoms with Gasteiger partial charge in [0.25, 0.3) is 0 Å². The van der Waals surface area contributed by atoms with Crippen LogP contribution in [-0.2, 0) is 16.1 Å². The first-order valence-corrected chi connectivity index (χ1v) is 6.18. The number of ether oxygens (including phenoxy) is 1. The fraction of sp³-hybridized carbons (Fsp3) is 0.667. The van der Waals surface area contributed by atoms with Crippen molar-refractivity contribution >= 4 is 5.91 Å². The van der Waals surface area contributed by atoms with Gasteiger partial charge in [0.2, 0.25) is 5.91 Å². The molecule has 6 heteroatoms. The predicted molar refractivity (Wildman–Crippen MR) is 69.2 cm³/mol. The standard InChI is InChI=1S/C12H22N4O2/c1-4-15-12(17)10(2)16-9-14-8-11(16)7-13-5-6-18-3/h8-10,13H,4-7H2,1-3H3,(H,15,17). The first-order valence-electron chi connectivity index (χ1n) is 6.18. The van der Waals surface area contributed by atoms with E-state index in [1.54, 1.807) is 19.6 Å². The first-order chi connectivity index (χ1) is 8.70. The molecule has 1 aromatic heterocycles. The summed E-state index contributed by atoms with van der Waals surface area (Å²) in [6, 6.07) is -0.244. The Hall–Kier alpha value is -1.40. The Bertz CT molecular complexity index is 365. The first kappa shape index (κ1) is 14.7. The molecule has 1 unspecified atom stereocenters. The molecule has 1 rings (SSSR count). The highest BCUT2D eigenvalue weighted by atomic mass is 16.5. The number of imidazole rings is 1. The number of nitrogens with zero attached hydrogens (tertiary/aromatic N) is 2. The van der Waals surface area contributed by atoms with Gasteiger partial charge >= 0.3 is 0 Å². The average Bonchev–Trinajstić information content (AvgIpc) is 2.82. The second kappa shape index (κ2) is 7.84. The highest BCUT2D eigenvalue weighted by Crippen LogP contribution is 2.09. The molecule has 6 nitrogen and oxygen atoms in total. The Morgan fingerprint density at radius 3 is 3.06 bits per heavy atom. The van der Waals surface area contributed by atoms with Crippen LogP contribution in [0.5, 0.6) is 0 Å². The zero-order valence-corrected chi connectivity index (χ0v) is 11.3. The summed E-state index contributed by atoms with van der Waals surface area (Å²) in [5, 5.41) is 6.05. The van der Waals surface area contributed by atoms with Crippen molar-refractivity contribution in [3.05, 3.63) is 18.2 Å². The fourth-order valence-corrected chi connectivity index (χ4v) is 1.66. The van der Waals surface area contributed by atoms with Crippen LogP contribution in [0.25, 0.3) is 0 Å². The number of likely N-dealkylation sites (N-methyl/N-ethyl adjacent to an activating group) is 1. The number of rotatable bonds is 8. The Kier molecular flexibility index (Phi) is 6.38. The number of hydrogen-bond acceptors (Lipinski definition) is 4. The quantitative estimate of drug-likeness (QED) is 0.655. The molecule has 0 fully saturated rings. The summed E-state index contributed by atoms with van der Waals surface area (Å²) in [5.74, 6) is 0.00800. The molecule has 0 aliphatic rings. The number of nitrogens with one attached hydrogen (secondary N) is 2. The zero-order chi connectivity index (χ0) is 13.4. The minimum absolute atomic E-state index is 0.00800. The molecule has 0 aliphatic heterocycles. The molecule has 1 amide bonds. The van der Waals surface area contributed by atoms with E-state index in [2.05, 4.69) is 15.6 Å². The van der Waals surface area contributed by atoms with Crippen LogP contribution < -0.4 is 10.6 Å². The molecule has 102 valence electrons. The van der Waals surface area contributed by atoms with E-state index in [0.29, 0.717) is 19.7 Å². The lowest BCUT2D eigenvalue weighted by Gasteiger charge is -2.16. The Balaban J connectivity index is 2.55. The van der Waals surface area contributed by atoms with Crippen molar-refractivity contribution in [1.29, 1.82) is 0 Å². The Morgan fingerprint density at radius 1 is 1.61 bits per heavy atom. The van der Waals surface area contributed by atoms with E-state index in [0.717, 1.165) is 12.2 Å². The van der Waals surface area contributed by atoms with Crippen LogP contribution in [0.3, 0.4) is 0 Å². The number of amides is 1. The number of carbonyl (C=O) groups excluding carboxylic acids is 1. The lowest BCUT2D eigenvalue weighted by Crippen LogP contribution is -2.32. The van der Waals surface area contributed by atoms with E-state index in [9.17, 15) is 4.79 Å². The molecule has 1 aromatic rings. The second-order valence-electron chi connectivity index (χ2n) is 4.03. The summed E-state index contributed by atoms with van der Waals surface area (Å²) < 4.78 is 6.84. The third kappa shape index (κ3) is 4.12. The monoisotopic (exact) mass is 254 g/mol. The molecular formula is C12H22N4O2. The minimum Gasteiger partial charge on any atom is -0.383 e. The molecule has 2 N–H and O–H groups in total. The molecule has 0 saturated heterocycles. The highest BCUT2D eigenvalue weighted by molar-refractivity contribution is 5.79. The van der Waals surface area contributed by atoms with Gasteiger partial charge in [0.15, 0.2) is 0 Å². The van der Waals surface area contributed by atoms with Gasteiger partial charge in [0.05, 0.1) is 18.6 Å². The summed E-state index contributed by atoms with van der Waals surface area (Å²) in [7, 11) is 1.67. The largest absolute Gasteiger partial charge is 0.383 e. The molecule has 0 radical (unpaired) electrons. The van der Waals surface area contributed by atoms with E-state index >= 15 is 0 Å². The number of aromatic nitrogens is 2. The molecule has 0 spiro atoms. The third-order valence-electron chi connectivity index (χ3n) is 2.68. The van der Waals surface area contributed by atoms with E-state index in [-0.39, 0.29) is 11.9 Å². The van der Waals surface area contributed by atoms with Gasteiger partial charge in [-0.25, -0.2) is 4.98 Å². The Labute approximate surface area is 108 Å². The van der Waals surface area contributed by atoms with E-state index < -0.39 is 0 Å². The normalized spacial score (nSPS) is 12.4. The second-order valence-corrected chi connectivity index (χ2v) is 4.03. The van der Waals surface area contributed by atoms with Gasteiger partial charge in [-0.3, -0.25) is 4.79 Å². The van der Waals surface area contributed by atoms with E-state index in [1.165, 1.54) is 0 Å². The van der Waals surface area contributed by atoms with Gasteiger partial charge in [0.1, 0.15) is 6.04 Å². The summed E-state index contributed by atoms with van der Waals surface area (Å²) in [5.41, 5.74) is 0.991. The van der Waals surface area contributed by atoms with E-state index in [1.807, 2.05) is 18.4 Å². The summed E-state index contributed by atoms with van der Waals surface area (Å²) in [6.45, 7) is 6.53. The summed E-state index contributed by atoms with van der Waals surface area (Å²) >= 11 is 0. The van der Waals surface area contributed by atoms with E-state index in [4.69, 9.17) is 4.74 Å². The average molecular weight is 254 g/mol. The molecule has 0 bridgehead atoms. The molecule has 1 heterocycles.